The lowest BCUT2D eigenvalue weighted by atomic mass is 9.81. The van der Waals surface area contributed by atoms with Gasteiger partial charge in [0.25, 0.3) is 0 Å². The third-order valence-corrected chi connectivity index (χ3v) is 8.92. The Balaban J connectivity index is 1.69. The molecule has 0 bridgehead atoms. The van der Waals surface area contributed by atoms with Crippen molar-refractivity contribution in [3.8, 4) is 11.1 Å². The number of rotatable bonds is 4. The van der Waals surface area contributed by atoms with E-state index in [1.165, 1.54) is 11.8 Å². The highest BCUT2D eigenvalue weighted by atomic mass is 32.2. The second kappa shape index (κ2) is 7.38. The summed E-state index contributed by atoms with van der Waals surface area (Å²) in [5.74, 6) is -0.835. The summed E-state index contributed by atoms with van der Waals surface area (Å²) in [5.41, 5.74) is 14.1. The molecular weight excluding hydrogens is 448 g/mol. The first-order valence-electron chi connectivity index (χ1n) is 11.1. The minimum absolute atomic E-state index is 0.194. The number of β-lactam (4-membered cyclic amide) rings is 1. The highest BCUT2D eigenvalue weighted by molar-refractivity contribution is 8.02. The van der Waals surface area contributed by atoms with Crippen molar-refractivity contribution in [3.05, 3.63) is 106 Å². The summed E-state index contributed by atoms with van der Waals surface area (Å²) < 4.78 is 4.66. The zero-order valence-electron chi connectivity index (χ0n) is 18.3. The number of thioether (sulfide) groups is 1. The number of esters is 1. The van der Waals surface area contributed by atoms with Gasteiger partial charge in [-0.3, -0.25) is 4.79 Å². The smallest absolute Gasteiger partial charge is 0.331 e. The van der Waals surface area contributed by atoms with Crippen molar-refractivity contribution in [2.75, 3.05) is 6.61 Å². The number of nitrogens with zero attached hydrogens (tertiary/aromatic N) is 4. The topological polar surface area (TPSA) is 95.4 Å². The van der Waals surface area contributed by atoms with Crippen molar-refractivity contribution in [2.24, 2.45) is 5.11 Å². The Hall–Kier alpha value is -3.74. The van der Waals surface area contributed by atoms with Crippen molar-refractivity contribution in [2.45, 2.75) is 28.6 Å². The van der Waals surface area contributed by atoms with Crippen molar-refractivity contribution >= 4 is 23.6 Å². The lowest BCUT2D eigenvalue weighted by molar-refractivity contribution is -0.169. The molecule has 168 valence electrons. The summed E-state index contributed by atoms with van der Waals surface area (Å²) in [6.45, 7) is 1.95. The number of benzene rings is 3. The fourth-order valence-electron chi connectivity index (χ4n) is 5.77. The monoisotopic (exact) mass is 468 g/mol. The molecule has 0 radical (unpaired) electrons. The highest BCUT2D eigenvalue weighted by Crippen LogP contribution is 2.73. The first-order chi connectivity index (χ1) is 16.6. The van der Waals surface area contributed by atoms with E-state index < -0.39 is 27.7 Å². The maximum atomic E-state index is 13.7. The lowest BCUT2D eigenvalue weighted by Crippen LogP contribution is -2.70. The van der Waals surface area contributed by atoms with Gasteiger partial charge in [0.15, 0.2) is 12.1 Å². The van der Waals surface area contributed by atoms with Crippen LogP contribution in [0.5, 0.6) is 0 Å². The molecule has 6 rings (SSSR count). The van der Waals surface area contributed by atoms with E-state index in [2.05, 4.69) is 10.0 Å². The van der Waals surface area contributed by atoms with Crippen LogP contribution >= 0.6 is 11.8 Å². The fraction of sp³-hybridized carbons (Fsp3) is 0.231. The van der Waals surface area contributed by atoms with Crippen LogP contribution < -0.4 is 0 Å². The van der Waals surface area contributed by atoms with Gasteiger partial charge in [0.1, 0.15) is 9.62 Å². The minimum atomic E-state index is -1.04. The van der Waals surface area contributed by atoms with Crippen LogP contribution in [-0.4, -0.2) is 35.5 Å². The molecule has 1 aliphatic carbocycles. The van der Waals surface area contributed by atoms with Crippen molar-refractivity contribution in [3.63, 3.8) is 0 Å². The van der Waals surface area contributed by atoms with Crippen LogP contribution in [-0.2, 0) is 23.9 Å². The Labute approximate surface area is 200 Å². The number of amides is 1. The van der Waals surface area contributed by atoms with Gasteiger partial charge >= 0.3 is 5.97 Å². The van der Waals surface area contributed by atoms with E-state index in [0.29, 0.717) is 0 Å². The number of ether oxygens (including phenoxy) is 1. The Kier molecular flexibility index (Phi) is 4.52. The number of carbonyl (C=O) groups is 2. The van der Waals surface area contributed by atoms with E-state index in [-0.39, 0.29) is 12.5 Å². The quantitative estimate of drug-likeness (QED) is 0.178. The minimum Gasteiger partial charge on any atom is -0.464 e. The second-order valence-electron chi connectivity index (χ2n) is 8.46. The van der Waals surface area contributed by atoms with E-state index in [0.717, 1.165) is 27.8 Å². The van der Waals surface area contributed by atoms with E-state index >= 15 is 0 Å². The maximum Gasteiger partial charge on any atom is 0.331 e. The molecular formula is C26H20N4O3S. The molecule has 0 N–H and O–H groups in total. The van der Waals surface area contributed by atoms with Gasteiger partial charge in [-0.2, -0.15) is 0 Å². The Morgan fingerprint density at radius 2 is 1.62 bits per heavy atom. The van der Waals surface area contributed by atoms with Gasteiger partial charge in [-0.05, 0) is 40.3 Å². The number of azide groups is 1. The first kappa shape index (κ1) is 20.8. The van der Waals surface area contributed by atoms with Gasteiger partial charge < -0.3 is 9.64 Å². The average Bonchev–Trinajstić information content (AvgIpc) is 3.33. The van der Waals surface area contributed by atoms with Crippen LogP contribution in [0.25, 0.3) is 21.6 Å². The van der Waals surface area contributed by atoms with Crippen LogP contribution in [0.4, 0.5) is 0 Å². The molecule has 34 heavy (non-hydrogen) atoms. The van der Waals surface area contributed by atoms with Gasteiger partial charge in [-0.15, -0.1) is 11.8 Å². The van der Waals surface area contributed by atoms with Gasteiger partial charge in [-0.25, -0.2) is 4.79 Å². The number of carbonyl (C=O) groups excluding carboxylic acids is 2. The molecule has 1 unspecified atom stereocenters. The molecule has 8 heteroatoms. The van der Waals surface area contributed by atoms with Gasteiger partial charge in [0, 0.05) is 4.91 Å². The van der Waals surface area contributed by atoms with E-state index in [1.54, 1.807) is 11.8 Å². The third kappa shape index (κ3) is 2.36. The van der Waals surface area contributed by atoms with Gasteiger partial charge in [-0.1, -0.05) is 84.0 Å². The summed E-state index contributed by atoms with van der Waals surface area (Å²) in [7, 11) is 0. The highest BCUT2D eigenvalue weighted by Gasteiger charge is 2.77. The largest absolute Gasteiger partial charge is 0.464 e. The predicted octanol–water partition coefficient (Wildman–Crippen LogP) is 4.96. The van der Waals surface area contributed by atoms with E-state index in [9.17, 15) is 15.1 Å². The standard InChI is InChI=1S/C26H20N4O3S/c1-2-33-24(32)22-25(19-14-8-6-12-17(19)18-13-7-9-15-20(18)25)34-26(16-10-4-3-5-11-16)21(28-29-27)23(31)30(22)26/h3-15,21-22H,2H2,1H3/t21-,22-,26?/m0/s1. The maximum absolute atomic E-state index is 13.7. The molecule has 3 aliphatic rings. The van der Waals surface area contributed by atoms with Crippen LogP contribution in [0.3, 0.4) is 0 Å². The summed E-state index contributed by atoms with van der Waals surface area (Å²) >= 11 is 1.51. The molecule has 7 nitrogen and oxygen atoms in total. The molecule has 0 saturated carbocycles. The predicted molar refractivity (Wildman–Crippen MR) is 129 cm³/mol. The van der Waals surface area contributed by atoms with E-state index in [4.69, 9.17) is 4.74 Å². The zero-order chi connectivity index (χ0) is 23.5. The molecule has 2 heterocycles. The summed E-state index contributed by atoms with van der Waals surface area (Å²) in [6.07, 6.45) is 0. The summed E-state index contributed by atoms with van der Waals surface area (Å²) in [4.78, 5) is 30.8. The fourth-order valence-corrected chi connectivity index (χ4v) is 7.96. The first-order valence-corrected chi connectivity index (χ1v) is 11.9. The molecule has 1 amide bonds. The van der Waals surface area contributed by atoms with Crippen molar-refractivity contribution in [1.82, 2.24) is 4.90 Å². The SMILES string of the molecule is CCOC(=O)[C@@H]1N2C(=O)[C@H](N=[N+]=[N-])C2(c2ccccc2)SC12c1ccccc1-c1ccccc12. The molecule has 2 aliphatic heterocycles. The number of hydrogen-bond donors (Lipinski definition) is 0. The van der Waals surface area contributed by atoms with Gasteiger partial charge in [0.2, 0.25) is 5.91 Å². The van der Waals surface area contributed by atoms with Crippen molar-refractivity contribution in [1.29, 1.82) is 0 Å². The molecule has 3 aromatic carbocycles. The van der Waals surface area contributed by atoms with E-state index in [1.807, 2.05) is 78.9 Å². The average molecular weight is 469 g/mol. The molecule has 1 spiro atoms. The van der Waals surface area contributed by atoms with Gasteiger partial charge in [0.05, 0.1) is 6.61 Å². The van der Waals surface area contributed by atoms with Crippen LogP contribution in [0.15, 0.2) is 84.0 Å². The molecule has 3 aromatic rings. The Morgan fingerprint density at radius 3 is 2.21 bits per heavy atom. The summed E-state index contributed by atoms with van der Waals surface area (Å²) in [6, 6.07) is 23.6. The molecule has 0 aromatic heterocycles. The normalized spacial score (nSPS) is 25.1. The Bertz CT molecular complexity index is 1340. The van der Waals surface area contributed by atoms with Crippen molar-refractivity contribution < 1.29 is 14.3 Å². The number of hydrogen-bond acceptors (Lipinski definition) is 5. The molecule has 3 atom stereocenters. The van der Waals surface area contributed by atoms with Crippen LogP contribution in [0.1, 0.15) is 23.6 Å². The second-order valence-corrected chi connectivity index (χ2v) is 9.93. The lowest BCUT2D eigenvalue weighted by Gasteiger charge is -2.52. The van der Waals surface area contributed by atoms with Crippen LogP contribution in [0.2, 0.25) is 0 Å². The third-order valence-electron chi connectivity index (χ3n) is 6.97. The summed E-state index contributed by atoms with van der Waals surface area (Å²) in [5, 5.41) is 3.92. The molecule has 2 saturated heterocycles. The number of fused-ring (bicyclic) bond motifs is 6. The Morgan fingerprint density at radius 1 is 1.03 bits per heavy atom. The molecule has 2 fully saturated rings. The zero-order valence-corrected chi connectivity index (χ0v) is 19.1. The van der Waals surface area contributed by atoms with Crippen LogP contribution in [0, 0.1) is 0 Å².